The van der Waals surface area contributed by atoms with E-state index in [0.29, 0.717) is 5.92 Å². The Kier molecular flexibility index (Phi) is 10.6. The number of aryl methyl sites for hydroxylation is 2. The van der Waals surface area contributed by atoms with Crippen molar-refractivity contribution in [3.05, 3.63) is 16.1 Å². The van der Waals surface area contributed by atoms with Crippen molar-refractivity contribution in [3.63, 3.8) is 0 Å². The average molecular weight is 341 g/mol. The highest BCUT2D eigenvalue weighted by atomic mass is 32.1. The zero-order valence-corrected chi connectivity index (χ0v) is 15.6. The smallest absolute Gasteiger partial charge is 0.191 e. The number of aromatic nitrogens is 1. The molecule has 6 heteroatoms. The molecule has 0 spiro atoms. The minimum Gasteiger partial charge on any atom is -0.396 e. The van der Waals surface area contributed by atoms with Gasteiger partial charge in [0.2, 0.25) is 0 Å². The summed E-state index contributed by atoms with van der Waals surface area (Å²) in [5.41, 5.74) is 1.11. The van der Waals surface area contributed by atoms with Crippen molar-refractivity contribution < 1.29 is 5.11 Å². The number of guanidine groups is 1. The van der Waals surface area contributed by atoms with Crippen LogP contribution in [-0.2, 0) is 6.42 Å². The van der Waals surface area contributed by atoms with Crippen LogP contribution in [0, 0.1) is 12.8 Å². The second-order valence-corrected chi connectivity index (χ2v) is 6.74. The van der Waals surface area contributed by atoms with E-state index in [1.165, 1.54) is 5.01 Å². The Morgan fingerprint density at radius 3 is 2.78 bits per heavy atom. The Labute approximate surface area is 144 Å². The maximum absolute atomic E-state index is 9.13. The van der Waals surface area contributed by atoms with Crippen LogP contribution >= 0.6 is 11.3 Å². The minimum absolute atomic E-state index is 0.247. The molecule has 0 aliphatic carbocycles. The van der Waals surface area contributed by atoms with Crippen molar-refractivity contribution in [2.45, 2.75) is 52.9 Å². The summed E-state index contributed by atoms with van der Waals surface area (Å²) in [5, 5.41) is 19.1. The van der Waals surface area contributed by atoms with Crippen molar-refractivity contribution in [1.82, 2.24) is 15.6 Å². The molecule has 0 amide bonds. The van der Waals surface area contributed by atoms with Crippen molar-refractivity contribution in [2.24, 2.45) is 10.9 Å². The topological polar surface area (TPSA) is 69.5 Å². The number of nitrogens with one attached hydrogen (secondary N) is 2. The maximum atomic E-state index is 9.13. The lowest BCUT2D eigenvalue weighted by Gasteiger charge is -2.15. The summed E-state index contributed by atoms with van der Waals surface area (Å²) < 4.78 is 0. The predicted molar refractivity (Wildman–Crippen MR) is 99.3 cm³/mol. The van der Waals surface area contributed by atoms with E-state index in [0.717, 1.165) is 63.4 Å². The molecule has 0 aliphatic heterocycles. The zero-order chi connectivity index (χ0) is 16.9. The van der Waals surface area contributed by atoms with Crippen LogP contribution in [-0.4, -0.2) is 42.3 Å². The number of aliphatic imine (C=N–C) groups is 1. The van der Waals surface area contributed by atoms with Crippen molar-refractivity contribution in [1.29, 1.82) is 0 Å². The summed E-state index contributed by atoms with van der Waals surface area (Å²) >= 11 is 1.74. The van der Waals surface area contributed by atoms with Crippen LogP contribution in [0.15, 0.2) is 10.4 Å². The van der Waals surface area contributed by atoms with Gasteiger partial charge in [0.05, 0.1) is 5.01 Å². The second-order valence-electron chi connectivity index (χ2n) is 5.80. The van der Waals surface area contributed by atoms with E-state index in [9.17, 15) is 0 Å². The van der Waals surface area contributed by atoms with E-state index in [2.05, 4.69) is 39.8 Å². The van der Waals surface area contributed by atoms with Gasteiger partial charge in [-0.3, -0.25) is 4.99 Å². The number of aliphatic hydroxyl groups excluding tert-OH is 1. The summed E-state index contributed by atoms with van der Waals surface area (Å²) in [7, 11) is 0. The van der Waals surface area contributed by atoms with Crippen LogP contribution in [0.25, 0.3) is 0 Å². The number of rotatable bonds is 11. The third kappa shape index (κ3) is 8.91. The summed E-state index contributed by atoms with van der Waals surface area (Å²) in [6.45, 7) is 9.06. The zero-order valence-electron chi connectivity index (χ0n) is 14.8. The van der Waals surface area contributed by atoms with Gasteiger partial charge in [0.25, 0.3) is 0 Å². The first-order valence-corrected chi connectivity index (χ1v) is 9.61. The van der Waals surface area contributed by atoms with Crippen LogP contribution in [0.5, 0.6) is 0 Å². The molecule has 1 unspecified atom stereocenters. The Bertz CT molecular complexity index is 442. The van der Waals surface area contributed by atoms with Crippen LogP contribution in [0.3, 0.4) is 0 Å². The molecular formula is C17H32N4OS. The summed E-state index contributed by atoms with van der Waals surface area (Å²) in [6, 6.07) is 0. The monoisotopic (exact) mass is 340 g/mol. The van der Waals surface area contributed by atoms with E-state index in [1.807, 2.05) is 6.92 Å². The van der Waals surface area contributed by atoms with E-state index >= 15 is 0 Å². The molecule has 0 aliphatic rings. The Morgan fingerprint density at radius 1 is 1.35 bits per heavy atom. The van der Waals surface area contributed by atoms with Crippen molar-refractivity contribution in [3.8, 4) is 0 Å². The lowest BCUT2D eigenvalue weighted by atomic mass is 10.0. The van der Waals surface area contributed by atoms with Gasteiger partial charge in [-0.15, -0.1) is 11.3 Å². The normalized spacial score (nSPS) is 13.1. The number of aliphatic hydroxyl groups is 1. The van der Waals surface area contributed by atoms with E-state index in [4.69, 9.17) is 5.11 Å². The maximum Gasteiger partial charge on any atom is 0.191 e. The van der Waals surface area contributed by atoms with Crippen LogP contribution in [0.1, 0.15) is 50.2 Å². The van der Waals surface area contributed by atoms with Gasteiger partial charge in [0, 0.05) is 43.7 Å². The third-order valence-electron chi connectivity index (χ3n) is 3.61. The standard InChI is InChI=1S/C17H32N4OS/c1-4-7-15(9-11-22)12-20-17(18-5-2)19-10-6-8-16-21-14(3)13-23-16/h13,15,22H,4-12H2,1-3H3,(H2,18,19,20). The quantitative estimate of drug-likeness (QED) is 0.329. The molecule has 0 radical (unpaired) electrons. The fourth-order valence-corrected chi connectivity index (χ4v) is 3.26. The van der Waals surface area contributed by atoms with Crippen LogP contribution in [0.4, 0.5) is 0 Å². The molecule has 0 bridgehead atoms. The molecule has 3 N–H and O–H groups in total. The van der Waals surface area contributed by atoms with E-state index in [-0.39, 0.29) is 6.61 Å². The minimum atomic E-state index is 0.247. The molecule has 1 heterocycles. The fraction of sp³-hybridized carbons (Fsp3) is 0.765. The van der Waals surface area contributed by atoms with Gasteiger partial charge in [0.1, 0.15) is 0 Å². The van der Waals surface area contributed by atoms with Gasteiger partial charge in [-0.2, -0.15) is 0 Å². The highest BCUT2D eigenvalue weighted by molar-refractivity contribution is 7.09. The van der Waals surface area contributed by atoms with Gasteiger partial charge in [-0.1, -0.05) is 13.3 Å². The van der Waals surface area contributed by atoms with Gasteiger partial charge < -0.3 is 15.7 Å². The molecule has 23 heavy (non-hydrogen) atoms. The molecular weight excluding hydrogens is 308 g/mol. The van der Waals surface area contributed by atoms with Gasteiger partial charge in [0.15, 0.2) is 5.96 Å². The van der Waals surface area contributed by atoms with Gasteiger partial charge >= 0.3 is 0 Å². The molecule has 132 valence electrons. The fourth-order valence-electron chi connectivity index (χ4n) is 2.44. The lowest BCUT2D eigenvalue weighted by Crippen LogP contribution is -2.38. The summed E-state index contributed by atoms with van der Waals surface area (Å²) in [6.07, 6.45) is 5.14. The van der Waals surface area contributed by atoms with Gasteiger partial charge in [-0.25, -0.2) is 4.98 Å². The SMILES string of the molecule is CCCC(CCO)CN=C(NCC)NCCCc1nc(C)cs1. The first-order valence-electron chi connectivity index (χ1n) is 8.73. The largest absolute Gasteiger partial charge is 0.396 e. The number of thiazole rings is 1. The molecule has 1 aromatic heterocycles. The first kappa shape index (κ1) is 19.9. The molecule has 0 aromatic carbocycles. The highest BCUT2D eigenvalue weighted by Crippen LogP contribution is 2.11. The molecule has 1 rings (SSSR count). The van der Waals surface area contributed by atoms with Crippen LogP contribution in [0.2, 0.25) is 0 Å². The van der Waals surface area contributed by atoms with E-state index < -0.39 is 0 Å². The molecule has 1 aromatic rings. The van der Waals surface area contributed by atoms with Crippen molar-refractivity contribution in [2.75, 3.05) is 26.2 Å². The molecule has 5 nitrogen and oxygen atoms in total. The Morgan fingerprint density at radius 2 is 2.17 bits per heavy atom. The number of nitrogens with zero attached hydrogens (tertiary/aromatic N) is 2. The summed E-state index contributed by atoms with van der Waals surface area (Å²) in [5.74, 6) is 1.35. The average Bonchev–Trinajstić information content (AvgIpc) is 2.94. The molecule has 0 saturated carbocycles. The number of hydrogen-bond acceptors (Lipinski definition) is 4. The molecule has 0 fully saturated rings. The third-order valence-corrected chi connectivity index (χ3v) is 4.64. The van der Waals surface area contributed by atoms with Crippen molar-refractivity contribution >= 4 is 17.3 Å². The summed E-state index contributed by atoms with van der Waals surface area (Å²) in [4.78, 5) is 9.16. The van der Waals surface area contributed by atoms with E-state index in [1.54, 1.807) is 11.3 Å². The lowest BCUT2D eigenvalue weighted by molar-refractivity contribution is 0.253. The van der Waals surface area contributed by atoms with Gasteiger partial charge in [-0.05, 0) is 39.0 Å². The first-order chi connectivity index (χ1) is 11.2. The predicted octanol–water partition coefficient (Wildman–Crippen LogP) is 2.74. The molecule has 0 saturated heterocycles. The second kappa shape index (κ2) is 12.3. The Balaban J connectivity index is 2.35. The van der Waals surface area contributed by atoms with Crippen LogP contribution < -0.4 is 10.6 Å². The number of hydrogen-bond donors (Lipinski definition) is 3. The molecule has 1 atom stereocenters. The highest BCUT2D eigenvalue weighted by Gasteiger charge is 2.07. The Hall–Kier alpha value is -1.14.